The van der Waals surface area contributed by atoms with Crippen molar-refractivity contribution in [1.82, 2.24) is 4.90 Å². The summed E-state index contributed by atoms with van der Waals surface area (Å²) in [6.45, 7) is 10.2. The standard InChI is InChI=1S/C19H28ClNO3/c1-14(9-7-6-8-12-20)13-16(19(2,3)4)24-18(23)15-10-11-17(22)21(15)5/h6-8,12,15-16H,1,9-11,13H2,2-5H3/b7-6+,12-8+/t15-,16?/m0/s1. The Morgan fingerprint density at radius 3 is 2.62 bits per heavy atom. The summed E-state index contributed by atoms with van der Waals surface area (Å²) in [6.07, 6.45) is 7.51. The molecule has 134 valence electrons. The Bertz CT molecular complexity index is 531. The van der Waals surface area contributed by atoms with Crippen molar-refractivity contribution in [1.29, 1.82) is 0 Å². The molecule has 0 bridgehead atoms. The molecule has 24 heavy (non-hydrogen) atoms. The monoisotopic (exact) mass is 353 g/mol. The largest absolute Gasteiger partial charge is 0.460 e. The van der Waals surface area contributed by atoms with Gasteiger partial charge in [0.1, 0.15) is 12.1 Å². The van der Waals surface area contributed by atoms with E-state index in [9.17, 15) is 9.59 Å². The third-order valence-corrected chi connectivity index (χ3v) is 4.33. The number of nitrogens with zero attached hydrogens (tertiary/aromatic N) is 1. The van der Waals surface area contributed by atoms with Crippen LogP contribution in [0, 0.1) is 5.41 Å². The number of hydrogen-bond acceptors (Lipinski definition) is 3. The predicted octanol–water partition coefficient (Wildman–Crippen LogP) is 4.21. The zero-order valence-electron chi connectivity index (χ0n) is 15.0. The lowest BCUT2D eigenvalue weighted by molar-refractivity contribution is -0.161. The quantitative estimate of drug-likeness (QED) is 0.391. The zero-order chi connectivity index (χ0) is 18.3. The minimum absolute atomic E-state index is 0.00819. The Morgan fingerprint density at radius 1 is 1.46 bits per heavy atom. The average molecular weight is 354 g/mol. The van der Waals surface area contributed by atoms with Gasteiger partial charge < -0.3 is 9.64 Å². The van der Waals surface area contributed by atoms with Crippen LogP contribution < -0.4 is 0 Å². The van der Waals surface area contributed by atoms with Crippen LogP contribution in [0.4, 0.5) is 0 Å². The first kappa shape index (κ1) is 20.5. The number of allylic oxidation sites excluding steroid dienone is 3. The van der Waals surface area contributed by atoms with Crippen molar-refractivity contribution in [2.75, 3.05) is 7.05 Å². The van der Waals surface area contributed by atoms with Crippen molar-refractivity contribution >= 4 is 23.5 Å². The van der Waals surface area contributed by atoms with Crippen molar-refractivity contribution in [3.05, 3.63) is 35.9 Å². The minimum atomic E-state index is -0.468. The summed E-state index contributed by atoms with van der Waals surface area (Å²) in [5.41, 5.74) is 2.22. The van der Waals surface area contributed by atoms with Crippen molar-refractivity contribution in [3.63, 3.8) is 0 Å². The molecule has 1 amide bonds. The smallest absolute Gasteiger partial charge is 0.329 e. The Hall–Kier alpha value is -1.55. The lowest BCUT2D eigenvalue weighted by Gasteiger charge is -2.32. The van der Waals surface area contributed by atoms with Crippen LogP contribution in [0.2, 0.25) is 0 Å². The van der Waals surface area contributed by atoms with Gasteiger partial charge >= 0.3 is 5.97 Å². The van der Waals surface area contributed by atoms with E-state index >= 15 is 0 Å². The van der Waals surface area contributed by atoms with Gasteiger partial charge in [0.2, 0.25) is 5.91 Å². The summed E-state index contributed by atoms with van der Waals surface area (Å²) >= 11 is 5.46. The molecular weight excluding hydrogens is 326 g/mol. The van der Waals surface area contributed by atoms with Gasteiger partial charge in [0.05, 0.1) is 0 Å². The van der Waals surface area contributed by atoms with Crippen molar-refractivity contribution < 1.29 is 14.3 Å². The number of ether oxygens (including phenoxy) is 1. The van der Waals surface area contributed by atoms with E-state index < -0.39 is 6.04 Å². The summed E-state index contributed by atoms with van der Waals surface area (Å²) in [6, 6.07) is -0.468. The van der Waals surface area contributed by atoms with E-state index in [1.54, 1.807) is 13.1 Å². The molecule has 0 saturated carbocycles. The van der Waals surface area contributed by atoms with Crippen molar-refractivity contribution in [3.8, 4) is 0 Å². The fourth-order valence-electron chi connectivity index (χ4n) is 2.52. The highest BCUT2D eigenvalue weighted by Crippen LogP contribution is 2.30. The van der Waals surface area contributed by atoms with Crippen LogP contribution in [-0.4, -0.2) is 36.0 Å². The van der Waals surface area contributed by atoms with Gasteiger partial charge in [-0.15, -0.1) is 0 Å². The zero-order valence-corrected chi connectivity index (χ0v) is 15.8. The second-order valence-corrected chi connectivity index (χ2v) is 7.51. The number of hydrogen-bond donors (Lipinski definition) is 0. The normalized spacial score (nSPS) is 20.1. The molecule has 1 saturated heterocycles. The summed E-state index contributed by atoms with van der Waals surface area (Å²) in [5, 5.41) is 0. The van der Waals surface area contributed by atoms with Crippen LogP contribution in [0.25, 0.3) is 0 Å². The van der Waals surface area contributed by atoms with Crippen molar-refractivity contribution in [2.45, 2.75) is 58.6 Å². The van der Waals surface area contributed by atoms with E-state index in [4.69, 9.17) is 16.3 Å². The number of carbonyl (C=O) groups is 2. The highest BCUT2D eigenvalue weighted by Gasteiger charge is 2.37. The second kappa shape index (κ2) is 9.07. The first-order chi connectivity index (χ1) is 11.2. The number of amides is 1. The van der Waals surface area contributed by atoms with E-state index in [-0.39, 0.29) is 23.4 Å². The minimum Gasteiger partial charge on any atom is -0.460 e. The van der Waals surface area contributed by atoms with E-state index in [0.29, 0.717) is 25.7 Å². The lowest BCUT2D eigenvalue weighted by Crippen LogP contribution is -2.41. The fraction of sp³-hybridized carbons (Fsp3) is 0.579. The molecule has 1 aliphatic rings. The number of carbonyl (C=O) groups excluding carboxylic acids is 2. The van der Waals surface area contributed by atoms with Gasteiger partial charge in [-0.3, -0.25) is 4.79 Å². The number of esters is 1. The predicted molar refractivity (Wildman–Crippen MR) is 97.6 cm³/mol. The van der Waals surface area contributed by atoms with Crippen LogP contribution in [0.3, 0.4) is 0 Å². The number of halogens is 1. The maximum atomic E-state index is 12.5. The molecule has 0 N–H and O–H groups in total. The van der Waals surface area contributed by atoms with Gasteiger partial charge in [-0.2, -0.15) is 0 Å². The third kappa shape index (κ3) is 6.16. The molecule has 0 aromatic carbocycles. The molecule has 2 atom stereocenters. The van der Waals surface area contributed by atoms with Crippen LogP contribution in [0.15, 0.2) is 35.9 Å². The molecule has 0 spiro atoms. The Kier molecular flexibility index (Phi) is 7.74. The van der Waals surface area contributed by atoms with E-state index in [1.807, 2.05) is 32.9 Å². The molecule has 4 nitrogen and oxygen atoms in total. The maximum absolute atomic E-state index is 12.5. The average Bonchev–Trinajstić information content (AvgIpc) is 2.82. The molecular formula is C19H28ClNO3. The Morgan fingerprint density at radius 2 is 2.12 bits per heavy atom. The number of rotatable bonds is 7. The van der Waals surface area contributed by atoms with Gasteiger partial charge in [0.25, 0.3) is 0 Å². The molecule has 1 heterocycles. The highest BCUT2D eigenvalue weighted by molar-refractivity contribution is 6.25. The van der Waals surface area contributed by atoms with Gasteiger partial charge in [-0.25, -0.2) is 4.79 Å². The number of likely N-dealkylation sites (N-methyl/N-ethyl adjacent to an activating group) is 1. The number of likely N-dealkylation sites (tertiary alicyclic amines) is 1. The maximum Gasteiger partial charge on any atom is 0.329 e. The molecule has 1 rings (SSSR count). The van der Waals surface area contributed by atoms with E-state index in [0.717, 1.165) is 5.57 Å². The molecule has 5 heteroatoms. The molecule has 0 aromatic heterocycles. The lowest BCUT2D eigenvalue weighted by atomic mass is 9.84. The summed E-state index contributed by atoms with van der Waals surface area (Å²) in [7, 11) is 1.65. The van der Waals surface area contributed by atoms with Crippen LogP contribution in [-0.2, 0) is 14.3 Å². The molecule has 0 aromatic rings. The molecule has 0 radical (unpaired) electrons. The highest BCUT2D eigenvalue weighted by atomic mass is 35.5. The van der Waals surface area contributed by atoms with Gasteiger partial charge in [0, 0.05) is 25.4 Å². The summed E-state index contributed by atoms with van der Waals surface area (Å²) < 4.78 is 5.76. The molecule has 1 fully saturated rings. The third-order valence-electron chi connectivity index (χ3n) is 4.19. The fourth-order valence-corrected chi connectivity index (χ4v) is 2.61. The first-order valence-electron chi connectivity index (χ1n) is 8.21. The Labute approximate surface area is 150 Å². The molecule has 1 unspecified atom stereocenters. The SMILES string of the molecule is C=C(C/C=C/C=C/Cl)CC(OC(=O)[C@@H]1CCC(=O)N1C)C(C)(C)C. The van der Waals surface area contributed by atoms with E-state index in [1.165, 1.54) is 10.4 Å². The van der Waals surface area contributed by atoms with Crippen molar-refractivity contribution in [2.24, 2.45) is 5.41 Å². The summed E-state index contributed by atoms with van der Waals surface area (Å²) in [5.74, 6) is -0.331. The van der Waals surface area contributed by atoms with Crippen LogP contribution in [0.1, 0.15) is 46.5 Å². The van der Waals surface area contributed by atoms with Gasteiger partial charge in [0.15, 0.2) is 0 Å². The van der Waals surface area contributed by atoms with E-state index in [2.05, 4.69) is 6.58 Å². The molecule has 0 aliphatic carbocycles. The molecule has 1 aliphatic heterocycles. The van der Waals surface area contributed by atoms with Gasteiger partial charge in [-0.05, 0) is 18.3 Å². The van der Waals surface area contributed by atoms with Crippen LogP contribution in [0.5, 0.6) is 0 Å². The van der Waals surface area contributed by atoms with Gasteiger partial charge in [-0.1, -0.05) is 62.8 Å². The first-order valence-corrected chi connectivity index (χ1v) is 8.65. The summed E-state index contributed by atoms with van der Waals surface area (Å²) in [4.78, 5) is 25.5. The topological polar surface area (TPSA) is 46.6 Å². The second-order valence-electron chi connectivity index (χ2n) is 7.26. The Balaban J connectivity index is 2.67. The van der Waals surface area contributed by atoms with Crippen LogP contribution >= 0.6 is 11.6 Å².